The number of rotatable bonds is 6. The van der Waals surface area contributed by atoms with E-state index in [1.54, 1.807) is 0 Å². The Morgan fingerprint density at radius 3 is 2.47 bits per heavy atom. The third kappa shape index (κ3) is 5.50. The van der Waals surface area contributed by atoms with E-state index in [1.807, 2.05) is 13.8 Å². The molecule has 0 fully saturated rings. The van der Waals surface area contributed by atoms with Gasteiger partial charge < -0.3 is 5.32 Å². The number of nitrogens with one attached hydrogen (secondary N) is 2. The van der Waals surface area contributed by atoms with Crippen molar-refractivity contribution in [2.24, 2.45) is 5.92 Å². The Morgan fingerprint density at radius 1 is 1.37 bits per heavy atom. The number of nitrogens with zero attached hydrogens (tertiary/aromatic N) is 2. The molecule has 2 N–H and O–H groups in total. The minimum Gasteiger partial charge on any atom is -0.355 e. The molecule has 0 aromatic carbocycles. The van der Waals surface area contributed by atoms with Gasteiger partial charge in [0.1, 0.15) is 4.90 Å². The van der Waals surface area contributed by atoms with Gasteiger partial charge in [0.25, 0.3) is 0 Å². The maximum Gasteiger partial charge on any atom is 0.244 e. The van der Waals surface area contributed by atoms with Crippen molar-refractivity contribution in [1.82, 2.24) is 20.0 Å². The van der Waals surface area contributed by atoms with Crippen LogP contribution in [0.5, 0.6) is 0 Å². The first kappa shape index (κ1) is 15.8. The number of carbonyl (C=O) groups excluding carboxylic acids is 1. The second-order valence-corrected chi connectivity index (χ2v) is 6.32. The van der Waals surface area contributed by atoms with E-state index in [4.69, 9.17) is 11.6 Å². The summed E-state index contributed by atoms with van der Waals surface area (Å²) in [6.45, 7) is 4.04. The number of amides is 1. The van der Waals surface area contributed by atoms with Gasteiger partial charge >= 0.3 is 0 Å². The molecule has 0 bridgehead atoms. The smallest absolute Gasteiger partial charge is 0.244 e. The van der Waals surface area contributed by atoms with E-state index in [-0.39, 0.29) is 16.7 Å². The maximum absolute atomic E-state index is 11.8. The summed E-state index contributed by atoms with van der Waals surface area (Å²) in [4.78, 5) is 18.4. The maximum atomic E-state index is 11.8. The highest BCUT2D eigenvalue weighted by atomic mass is 35.5. The van der Waals surface area contributed by atoms with Crippen LogP contribution in [-0.4, -0.2) is 37.4 Å². The highest BCUT2D eigenvalue weighted by Gasteiger charge is 2.16. The third-order valence-corrected chi connectivity index (χ3v) is 3.59. The Morgan fingerprint density at radius 2 is 1.95 bits per heavy atom. The van der Waals surface area contributed by atoms with E-state index in [1.165, 1.54) is 0 Å². The fourth-order valence-electron chi connectivity index (χ4n) is 1.06. The summed E-state index contributed by atoms with van der Waals surface area (Å²) in [6, 6.07) is 0. The Balaban J connectivity index is 2.56. The number of sulfonamides is 1. The van der Waals surface area contributed by atoms with Crippen molar-refractivity contribution in [1.29, 1.82) is 0 Å². The van der Waals surface area contributed by atoms with Crippen LogP contribution in [0.4, 0.5) is 0 Å². The van der Waals surface area contributed by atoms with Gasteiger partial charge in [-0.3, -0.25) is 4.79 Å². The highest BCUT2D eigenvalue weighted by Crippen LogP contribution is 2.06. The summed E-state index contributed by atoms with van der Waals surface area (Å²) in [6.07, 6.45) is 2.15. The molecular weight excluding hydrogens is 292 g/mol. The van der Waals surface area contributed by atoms with Crippen molar-refractivity contribution in [3.8, 4) is 0 Å². The van der Waals surface area contributed by atoms with Gasteiger partial charge in [-0.2, -0.15) is 0 Å². The molecule has 1 aromatic heterocycles. The average molecular weight is 307 g/mol. The number of halogens is 1. The van der Waals surface area contributed by atoms with Crippen molar-refractivity contribution < 1.29 is 13.2 Å². The molecule has 0 aliphatic rings. The summed E-state index contributed by atoms with van der Waals surface area (Å²) >= 11 is 5.46. The van der Waals surface area contributed by atoms with E-state index >= 15 is 0 Å². The number of carbonyl (C=O) groups is 1. The third-order valence-electron chi connectivity index (χ3n) is 2.04. The molecule has 1 heterocycles. The van der Waals surface area contributed by atoms with Gasteiger partial charge in [0.05, 0.1) is 18.9 Å². The molecule has 7 nitrogen and oxygen atoms in total. The summed E-state index contributed by atoms with van der Waals surface area (Å²) < 4.78 is 25.7. The second-order valence-electron chi connectivity index (χ2n) is 4.21. The number of aromatic nitrogens is 2. The largest absolute Gasteiger partial charge is 0.355 e. The van der Waals surface area contributed by atoms with Crippen molar-refractivity contribution in [3.63, 3.8) is 0 Å². The van der Waals surface area contributed by atoms with Gasteiger partial charge in [0.15, 0.2) is 0 Å². The van der Waals surface area contributed by atoms with E-state index in [2.05, 4.69) is 20.0 Å². The Bertz CT molecular complexity index is 530. The van der Waals surface area contributed by atoms with Crippen molar-refractivity contribution in [2.75, 3.05) is 13.1 Å². The predicted octanol–water partition coefficient (Wildman–Crippen LogP) is 0.180. The summed E-state index contributed by atoms with van der Waals surface area (Å²) in [5, 5.41) is 2.55. The van der Waals surface area contributed by atoms with Crippen LogP contribution in [0.25, 0.3) is 0 Å². The van der Waals surface area contributed by atoms with Crippen LogP contribution in [0.15, 0.2) is 17.3 Å². The molecule has 0 radical (unpaired) electrons. The van der Waals surface area contributed by atoms with Crippen LogP contribution < -0.4 is 10.0 Å². The lowest BCUT2D eigenvalue weighted by Crippen LogP contribution is -2.38. The van der Waals surface area contributed by atoms with E-state index in [0.29, 0.717) is 12.5 Å². The van der Waals surface area contributed by atoms with Crippen molar-refractivity contribution in [2.45, 2.75) is 18.7 Å². The predicted molar refractivity (Wildman–Crippen MR) is 70.1 cm³/mol. The fraction of sp³-hybridized carbons (Fsp3) is 0.500. The van der Waals surface area contributed by atoms with Crippen molar-refractivity contribution in [3.05, 3.63) is 17.7 Å². The Kier molecular flexibility index (Phi) is 5.64. The molecule has 0 spiro atoms. The SMILES string of the molecule is CC(C)CNC(=O)CNS(=O)(=O)c1cnc(Cl)nc1. The standard InChI is InChI=1S/C10H15ClN4O3S/c1-7(2)3-12-9(16)6-15-19(17,18)8-4-13-10(11)14-5-8/h4-5,7,15H,3,6H2,1-2H3,(H,12,16). The molecule has 9 heteroatoms. The zero-order valence-electron chi connectivity index (χ0n) is 10.6. The quantitative estimate of drug-likeness (QED) is 0.730. The average Bonchev–Trinajstić information content (AvgIpc) is 2.34. The lowest BCUT2D eigenvalue weighted by atomic mass is 10.2. The molecule has 0 atom stereocenters. The molecular formula is C10H15ClN4O3S. The first-order valence-corrected chi connectivity index (χ1v) is 7.41. The molecule has 0 unspecified atom stereocenters. The van der Waals surface area contributed by atoms with Gasteiger partial charge in [-0.15, -0.1) is 0 Å². The minimum atomic E-state index is -3.81. The lowest BCUT2D eigenvalue weighted by Gasteiger charge is -2.08. The molecule has 106 valence electrons. The number of hydrogen-bond acceptors (Lipinski definition) is 5. The zero-order valence-corrected chi connectivity index (χ0v) is 12.1. The Hall–Kier alpha value is -1.25. The van der Waals surface area contributed by atoms with Crippen LogP contribution in [0.3, 0.4) is 0 Å². The number of hydrogen-bond donors (Lipinski definition) is 2. The zero-order chi connectivity index (χ0) is 14.5. The first-order chi connectivity index (χ1) is 8.81. The Labute approximate surface area is 116 Å². The highest BCUT2D eigenvalue weighted by molar-refractivity contribution is 7.89. The van der Waals surface area contributed by atoms with Crippen LogP contribution in [0.2, 0.25) is 5.28 Å². The fourth-order valence-corrected chi connectivity index (χ4v) is 2.03. The van der Waals surface area contributed by atoms with E-state index in [0.717, 1.165) is 12.4 Å². The first-order valence-electron chi connectivity index (χ1n) is 5.55. The molecule has 0 saturated heterocycles. The van der Waals surface area contributed by atoms with E-state index < -0.39 is 15.9 Å². The minimum absolute atomic E-state index is 0.0476. The molecule has 0 aliphatic carbocycles. The molecule has 0 saturated carbocycles. The molecule has 1 rings (SSSR count). The second kappa shape index (κ2) is 6.78. The summed E-state index contributed by atoms with van der Waals surface area (Å²) in [5.74, 6) is -0.0996. The summed E-state index contributed by atoms with van der Waals surface area (Å²) in [5.41, 5.74) is 0. The van der Waals surface area contributed by atoms with Gasteiger partial charge in [0.2, 0.25) is 21.2 Å². The van der Waals surface area contributed by atoms with Crippen LogP contribution >= 0.6 is 11.6 Å². The van der Waals surface area contributed by atoms with Gasteiger partial charge in [-0.05, 0) is 17.5 Å². The lowest BCUT2D eigenvalue weighted by molar-refractivity contribution is -0.120. The molecule has 1 aromatic rings. The monoisotopic (exact) mass is 306 g/mol. The van der Waals surface area contributed by atoms with Crippen molar-refractivity contribution >= 4 is 27.5 Å². The summed E-state index contributed by atoms with van der Waals surface area (Å²) in [7, 11) is -3.81. The van der Waals surface area contributed by atoms with Crippen LogP contribution in [-0.2, 0) is 14.8 Å². The topological polar surface area (TPSA) is 101 Å². The van der Waals surface area contributed by atoms with Gasteiger partial charge in [-0.1, -0.05) is 13.8 Å². The van der Waals surface area contributed by atoms with Crippen LogP contribution in [0.1, 0.15) is 13.8 Å². The molecule has 0 aliphatic heterocycles. The molecule has 19 heavy (non-hydrogen) atoms. The van der Waals surface area contributed by atoms with Gasteiger partial charge in [-0.25, -0.2) is 23.1 Å². The van der Waals surface area contributed by atoms with Gasteiger partial charge in [0, 0.05) is 6.54 Å². The normalized spacial score (nSPS) is 11.6. The molecule has 1 amide bonds. The van der Waals surface area contributed by atoms with Crippen LogP contribution in [0, 0.1) is 5.92 Å². The van der Waals surface area contributed by atoms with E-state index in [9.17, 15) is 13.2 Å².